The Kier molecular flexibility index (Phi) is 5.60. The molecule has 0 bridgehead atoms. The van der Waals surface area contributed by atoms with Crippen LogP contribution in [0.4, 0.5) is 0 Å². The summed E-state index contributed by atoms with van der Waals surface area (Å²) in [5.41, 5.74) is 9.67. The highest BCUT2D eigenvalue weighted by Gasteiger charge is 2.16. The van der Waals surface area contributed by atoms with E-state index in [4.69, 9.17) is 5.73 Å². The van der Waals surface area contributed by atoms with E-state index in [0.29, 0.717) is 12.1 Å². The number of benzene rings is 3. The molecular weight excluding hydrogens is 308 g/mol. The van der Waals surface area contributed by atoms with Crippen molar-refractivity contribution < 1.29 is 4.79 Å². The molecule has 0 aromatic heterocycles. The third-order valence-corrected chi connectivity index (χ3v) is 4.20. The minimum atomic E-state index is -0.0984. The maximum absolute atomic E-state index is 12.8. The van der Waals surface area contributed by atoms with Crippen LogP contribution in [0.15, 0.2) is 84.9 Å². The van der Waals surface area contributed by atoms with E-state index >= 15 is 0 Å². The van der Waals surface area contributed by atoms with E-state index in [2.05, 4.69) is 5.32 Å². The first-order valence-electron chi connectivity index (χ1n) is 8.47. The number of carbonyl (C=O) groups is 1. The molecule has 126 valence electrons. The predicted molar refractivity (Wildman–Crippen MR) is 102 cm³/mol. The van der Waals surface area contributed by atoms with Gasteiger partial charge in [0, 0.05) is 18.2 Å². The van der Waals surface area contributed by atoms with E-state index in [0.717, 1.165) is 23.1 Å². The molecule has 0 aliphatic rings. The molecule has 0 radical (unpaired) electrons. The molecule has 3 aromatic rings. The zero-order valence-corrected chi connectivity index (χ0v) is 14.1. The van der Waals surface area contributed by atoms with Gasteiger partial charge in [-0.15, -0.1) is 0 Å². The lowest BCUT2D eigenvalue weighted by molar-refractivity contribution is 0.0938. The van der Waals surface area contributed by atoms with Crippen molar-refractivity contribution in [2.45, 2.75) is 12.5 Å². The Hall–Kier alpha value is -2.91. The average molecular weight is 330 g/mol. The fraction of sp³-hybridized carbons (Fsp3) is 0.136. The summed E-state index contributed by atoms with van der Waals surface area (Å²) in [7, 11) is 0. The molecule has 3 rings (SSSR count). The molecule has 0 unspecified atom stereocenters. The Balaban J connectivity index is 1.79. The molecule has 0 aliphatic carbocycles. The van der Waals surface area contributed by atoms with Gasteiger partial charge in [-0.2, -0.15) is 0 Å². The lowest BCUT2D eigenvalue weighted by atomic mass is 9.98. The summed E-state index contributed by atoms with van der Waals surface area (Å²) >= 11 is 0. The van der Waals surface area contributed by atoms with Crippen LogP contribution in [-0.4, -0.2) is 18.5 Å². The zero-order valence-electron chi connectivity index (χ0n) is 14.1. The summed E-state index contributed by atoms with van der Waals surface area (Å²) in [6.07, 6.45) is 0.719. The summed E-state index contributed by atoms with van der Waals surface area (Å²) in [4.78, 5) is 12.8. The first kappa shape index (κ1) is 16.9. The maximum Gasteiger partial charge on any atom is 0.252 e. The predicted octanol–water partition coefficient (Wildman–Crippen LogP) is 3.65. The standard InChI is InChI=1S/C22H22N2O/c23-16-19(15-17-9-3-1-4-10-17)24-22(25)21-14-8-7-13-20(21)18-11-5-2-6-12-18/h1-14,19H,15-16,23H2,(H,24,25)/t19-/m1/s1. The number of nitrogens with one attached hydrogen (secondary N) is 1. The van der Waals surface area contributed by atoms with E-state index in [-0.39, 0.29) is 11.9 Å². The summed E-state index contributed by atoms with van der Waals surface area (Å²) in [6, 6.07) is 27.6. The highest BCUT2D eigenvalue weighted by molar-refractivity contribution is 6.01. The Morgan fingerprint density at radius 1 is 0.840 bits per heavy atom. The quantitative estimate of drug-likeness (QED) is 0.725. The summed E-state index contributed by atoms with van der Waals surface area (Å²) in [5.74, 6) is -0.0918. The highest BCUT2D eigenvalue weighted by atomic mass is 16.1. The van der Waals surface area contributed by atoms with Crippen molar-refractivity contribution in [2.75, 3.05) is 6.54 Å². The molecule has 1 atom stereocenters. The van der Waals surface area contributed by atoms with Gasteiger partial charge in [0.05, 0.1) is 0 Å². The molecule has 25 heavy (non-hydrogen) atoms. The first-order valence-corrected chi connectivity index (χ1v) is 8.47. The van der Waals surface area contributed by atoms with Crippen molar-refractivity contribution >= 4 is 5.91 Å². The zero-order chi connectivity index (χ0) is 17.5. The lowest BCUT2D eigenvalue weighted by Crippen LogP contribution is -2.41. The van der Waals surface area contributed by atoms with Crippen molar-refractivity contribution in [3.63, 3.8) is 0 Å². The van der Waals surface area contributed by atoms with Crippen LogP contribution < -0.4 is 11.1 Å². The number of hydrogen-bond donors (Lipinski definition) is 2. The molecule has 0 aliphatic heterocycles. The summed E-state index contributed by atoms with van der Waals surface area (Å²) in [5, 5.41) is 3.08. The van der Waals surface area contributed by atoms with Gasteiger partial charge in [0.15, 0.2) is 0 Å². The number of amides is 1. The van der Waals surface area contributed by atoms with Crippen molar-refractivity contribution in [3.05, 3.63) is 96.1 Å². The minimum Gasteiger partial charge on any atom is -0.348 e. The number of carbonyl (C=O) groups excluding carboxylic acids is 1. The van der Waals surface area contributed by atoms with Gasteiger partial charge in [-0.05, 0) is 29.2 Å². The van der Waals surface area contributed by atoms with Crippen LogP contribution in [0.2, 0.25) is 0 Å². The molecule has 3 aromatic carbocycles. The summed E-state index contributed by atoms with van der Waals surface area (Å²) < 4.78 is 0. The van der Waals surface area contributed by atoms with Gasteiger partial charge < -0.3 is 11.1 Å². The molecule has 3 nitrogen and oxygen atoms in total. The lowest BCUT2D eigenvalue weighted by Gasteiger charge is -2.18. The second-order valence-corrected chi connectivity index (χ2v) is 6.01. The molecule has 0 saturated heterocycles. The van der Waals surface area contributed by atoms with Crippen LogP contribution in [0.3, 0.4) is 0 Å². The van der Waals surface area contributed by atoms with Crippen molar-refractivity contribution in [3.8, 4) is 11.1 Å². The van der Waals surface area contributed by atoms with Gasteiger partial charge in [0.1, 0.15) is 0 Å². The van der Waals surface area contributed by atoms with Crippen molar-refractivity contribution in [1.29, 1.82) is 0 Å². The Bertz CT molecular complexity index is 816. The fourth-order valence-corrected chi connectivity index (χ4v) is 2.91. The average Bonchev–Trinajstić information content (AvgIpc) is 2.69. The van der Waals surface area contributed by atoms with Crippen molar-refractivity contribution in [2.24, 2.45) is 5.73 Å². The minimum absolute atomic E-state index is 0.0918. The van der Waals surface area contributed by atoms with Crippen LogP contribution in [0.25, 0.3) is 11.1 Å². The Labute approximate surface area is 148 Å². The molecule has 1 amide bonds. The third-order valence-electron chi connectivity index (χ3n) is 4.20. The topological polar surface area (TPSA) is 55.1 Å². The third kappa shape index (κ3) is 4.34. The van der Waals surface area contributed by atoms with Gasteiger partial charge in [-0.3, -0.25) is 4.79 Å². The van der Waals surface area contributed by atoms with Gasteiger partial charge >= 0.3 is 0 Å². The van der Waals surface area contributed by atoms with Gasteiger partial charge in [-0.25, -0.2) is 0 Å². The van der Waals surface area contributed by atoms with E-state index in [9.17, 15) is 4.79 Å². The van der Waals surface area contributed by atoms with Gasteiger partial charge in [0.25, 0.3) is 5.91 Å². The largest absolute Gasteiger partial charge is 0.348 e. The second-order valence-electron chi connectivity index (χ2n) is 6.01. The first-order chi connectivity index (χ1) is 12.3. The number of rotatable bonds is 6. The van der Waals surface area contributed by atoms with Crippen molar-refractivity contribution in [1.82, 2.24) is 5.32 Å². The highest BCUT2D eigenvalue weighted by Crippen LogP contribution is 2.23. The molecule has 0 heterocycles. The monoisotopic (exact) mass is 330 g/mol. The van der Waals surface area contributed by atoms with E-state index in [1.165, 1.54) is 0 Å². The maximum atomic E-state index is 12.8. The van der Waals surface area contributed by atoms with Crippen LogP contribution in [0, 0.1) is 0 Å². The SMILES string of the molecule is NC[C@@H](Cc1ccccc1)NC(=O)c1ccccc1-c1ccccc1. The smallest absolute Gasteiger partial charge is 0.252 e. The molecular formula is C22H22N2O. The van der Waals surface area contributed by atoms with E-state index in [1.807, 2.05) is 84.9 Å². The molecule has 0 spiro atoms. The molecule has 0 saturated carbocycles. The number of nitrogens with two attached hydrogens (primary N) is 1. The van der Waals surface area contributed by atoms with Gasteiger partial charge in [-0.1, -0.05) is 78.9 Å². The van der Waals surface area contributed by atoms with Crippen LogP contribution >= 0.6 is 0 Å². The van der Waals surface area contributed by atoms with E-state index < -0.39 is 0 Å². The Morgan fingerprint density at radius 3 is 2.12 bits per heavy atom. The second kappa shape index (κ2) is 8.27. The van der Waals surface area contributed by atoms with Crippen LogP contribution in [0.5, 0.6) is 0 Å². The van der Waals surface area contributed by atoms with E-state index in [1.54, 1.807) is 0 Å². The fourth-order valence-electron chi connectivity index (χ4n) is 2.91. The molecule has 0 fully saturated rings. The van der Waals surface area contributed by atoms with Crippen LogP contribution in [-0.2, 0) is 6.42 Å². The number of hydrogen-bond acceptors (Lipinski definition) is 2. The van der Waals surface area contributed by atoms with Crippen LogP contribution in [0.1, 0.15) is 15.9 Å². The summed E-state index contributed by atoms with van der Waals surface area (Å²) in [6.45, 7) is 0.397. The molecule has 3 heteroatoms. The normalized spacial score (nSPS) is 11.7. The Morgan fingerprint density at radius 2 is 1.44 bits per heavy atom. The van der Waals surface area contributed by atoms with Gasteiger partial charge in [0.2, 0.25) is 0 Å². The molecule has 3 N–H and O–H groups in total.